The maximum Gasteiger partial charge on any atom is 0.356 e. The molecule has 0 aliphatic carbocycles. The lowest BCUT2D eigenvalue weighted by atomic mass is 10.4. The zero-order valence-electron chi connectivity index (χ0n) is 8.60. The van der Waals surface area contributed by atoms with E-state index in [-0.39, 0.29) is 5.69 Å². The Balaban J connectivity index is 2.93. The SMILES string of the molecule is C#CCN(C)c1cc(C(=O)OC)ncn1. The zero-order chi connectivity index (χ0) is 11.3. The number of hydrogen-bond acceptors (Lipinski definition) is 5. The number of aromatic nitrogens is 2. The van der Waals surface area contributed by atoms with Crippen LogP contribution in [-0.4, -0.2) is 36.6 Å². The first-order valence-electron chi connectivity index (χ1n) is 4.24. The molecule has 0 atom stereocenters. The van der Waals surface area contributed by atoms with Crippen molar-refractivity contribution in [2.75, 3.05) is 25.6 Å². The van der Waals surface area contributed by atoms with Crippen molar-refractivity contribution >= 4 is 11.8 Å². The van der Waals surface area contributed by atoms with Gasteiger partial charge in [0.1, 0.15) is 12.1 Å². The van der Waals surface area contributed by atoms with Crippen molar-refractivity contribution in [2.45, 2.75) is 0 Å². The van der Waals surface area contributed by atoms with E-state index in [4.69, 9.17) is 6.42 Å². The second kappa shape index (κ2) is 4.96. The van der Waals surface area contributed by atoms with Crippen LogP contribution in [0.3, 0.4) is 0 Å². The number of esters is 1. The number of hydrogen-bond donors (Lipinski definition) is 0. The van der Waals surface area contributed by atoms with E-state index in [1.807, 2.05) is 0 Å². The zero-order valence-corrected chi connectivity index (χ0v) is 8.60. The van der Waals surface area contributed by atoms with E-state index in [0.29, 0.717) is 12.4 Å². The second-order valence-corrected chi connectivity index (χ2v) is 2.81. The quantitative estimate of drug-likeness (QED) is 0.526. The highest BCUT2D eigenvalue weighted by molar-refractivity contribution is 5.87. The van der Waals surface area contributed by atoms with E-state index in [0.717, 1.165) is 0 Å². The molecule has 1 rings (SSSR count). The molecule has 0 radical (unpaired) electrons. The van der Waals surface area contributed by atoms with Crippen molar-refractivity contribution < 1.29 is 9.53 Å². The molecule has 1 aromatic heterocycles. The number of ether oxygens (including phenoxy) is 1. The Morgan fingerprint density at radius 1 is 1.67 bits per heavy atom. The van der Waals surface area contributed by atoms with Gasteiger partial charge in [-0.3, -0.25) is 0 Å². The van der Waals surface area contributed by atoms with E-state index < -0.39 is 5.97 Å². The summed E-state index contributed by atoms with van der Waals surface area (Å²) in [6, 6.07) is 1.53. The number of carbonyl (C=O) groups excluding carboxylic acids is 1. The number of carbonyl (C=O) groups is 1. The monoisotopic (exact) mass is 205 g/mol. The molecule has 0 fully saturated rings. The summed E-state index contributed by atoms with van der Waals surface area (Å²) in [7, 11) is 3.08. The fourth-order valence-corrected chi connectivity index (χ4v) is 0.990. The van der Waals surface area contributed by atoms with Crippen LogP contribution in [0.15, 0.2) is 12.4 Å². The summed E-state index contributed by atoms with van der Waals surface area (Å²) in [6.07, 6.45) is 6.46. The molecule has 0 aliphatic rings. The van der Waals surface area contributed by atoms with Crippen LogP contribution in [0.25, 0.3) is 0 Å². The van der Waals surface area contributed by atoms with E-state index >= 15 is 0 Å². The van der Waals surface area contributed by atoms with Crippen molar-refractivity contribution in [3.05, 3.63) is 18.1 Å². The minimum Gasteiger partial charge on any atom is -0.464 e. The highest BCUT2D eigenvalue weighted by atomic mass is 16.5. The van der Waals surface area contributed by atoms with Crippen LogP contribution < -0.4 is 4.90 Å². The van der Waals surface area contributed by atoms with Gasteiger partial charge in [0.2, 0.25) is 0 Å². The van der Waals surface area contributed by atoms with Crippen LogP contribution in [0.2, 0.25) is 0 Å². The summed E-state index contributed by atoms with van der Waals surface area (Å²) in [5.41, 5.74) is 0.214. The third kappa shape index (κ3) is 2.68. The first-order chi connectivity index (χ1) is 7.19. The Kier molecular flexibility index (Phi) is 3.63. The van der Waals surface area contributed by atoms with Crippen LogP contribution >= 0.6 is 0 Å². The molecule has 78 valence electrons. The van der Waals surface area contributed by atoms with Gasteiger partial charge in [0.05, 0.1) is 13.7 Å². The summed E-state index contributed by atoms with van der Waals surface area (Å²) in [5, 5.41) is 0. The number of terminal acetylenes is 1. The van der Waals surface area contributed by atoms with Gasteiger partial charge in [-0.2, -0.15) is 0 Å². The predicted octanol–water partition coefficient (Wildman–Crippen LogP) is 0.333. The summed E-state index contributed by atoms with van der Waals surface area (Å²) in [4.78, 5) is 20.7. The van der Waals surface area contributed by atoms with Crippen LogP contribution in [0.5, 0.6) is 0 Å². The van der Waals surface area contributed by atoms with Crippen molar-refractivity contribution in [1.29, 1.82) is 0 Å². The molecule has 0 bridgehead atoms. The minimum atomic E-state index is -0.493. The molecule has 0 saturated carbocycles. The van der Waals surface area contributed by atoms with Crippen LogP contribution in [0, 0.1) is 12.3 Å². The summed E-state index contributed by atoms with van der Waals surface area (Å²) < 4.78 is 4.54. The Morgan fingerprint density at radius 2 is 2.40 bits per heavy atom. The average molecular weight is 205 g/mol. The van der Waals surface area contributed by atoms with Gasteiger partial charge in [0, 0.05) is 13.1 Å². The molecule has 0 aromatic carbocycles. The average Bonchev–Trinajstić information content (AvgIpc) is 2.28. The van der Waals surface area contributed by atoms with Gasteiger partial charge in [-0.15, -0.1) is 6.42 Å². The van der Waals surface area contributed by atoms with Crippen molar-refractivity contribution in [1.82, 2.24) is 9.97 Å². The Hall–Kier alpha value is -2.09. The molecule has 1 heterocycles. The van der Waals surface area contributed by atoms with E-state index in [1.54, 1.807) is 11.9 Å². The van der Waals surface area contributed by atoms with E-state index in [1.165, 1.54) is 19.5 Å². The third-order valence-electron chi connectivity index (χ3n) is 1.77. The molecule has 0 saturated heterocycles. The molecule has 0 amide bonds. The van der Waals surface area contributed by atoms with Crippen molar-refractivity contribution in [3.8, 4) is 12.3 Å². The standard InChI is InChI=1S/C10H11N3O2/c1-4-5-13(2)9-6-8(10(14)15-3)11-7-12-9/h1,6-7H,5H2,2-3H3. The molecule has 0 unspecified atom stereocenters. The first-order valence-corrected chi connectivity index (χ1v) is 4.24. The van der Waals surface area contributed by atoms with Gasteiger partial charge in [0.25, 0.3) is 0 Å². The maximum absolute atomic E-state index is 11.2. The van der Waals surface area contributed by atoms with Gasteiger partial charge >= 0.3 is 5.97 Å². The van der Waals surface area contributed by atoms with Crippen LogP contribution in [-0.2, 0) is 4.74 Å². The molecule has 0 N–H and O–H groups in total. The normalized spacial score (nSPS) is 9.13. The highest BCUT2D eigenvalue weighted by Crippen LogP contribution is 2.08. The number of nitrogens with zero attached hydrogens (tertiary/aromatic N) is 3. The fraction of sp³-hybridized carbons (Fsp3) is 0.300. The smallest absolute Gasteiger partial charge is 0.356 e. The molecular formula is C10H11N3O2. The minimum absolute atomic E-state index is 0.214. The molecule has 5 heteroatoms. The summed E-state index contributed by atoms with van der Waals surface area (Å²) >= 11 is 0. The van der Waals surface area contributed by atoms with E-state index in [9.17, 15) is 4.79 Å². The van der Waals surface area contributed by atoms with Crippen molar-refractivity contribution in [2.24, 2.45) is 0 Å². The molecular weight excluding hydrogens is 194 g/mol. The molecule has 0 aliphatic heterocycles. The lowest BCUT2D eigenvalue weighted by Gasteiger charge is -2.14. The Bertz CT molecular complexity index is 398. The van der Waals surface area contributed by atoms with Gasteiger partial charge in [-0.25, -0.2) is 14.8 Å². The fourth-order valence-electron chi connectivity index (χ4n) is 0.990. The first kappa shape index (κ1) is 11.0. The number of anilines is 1. The Labute approximate surface area is 88.1 Å². The van der Waals surface area contributed by atoms with Gasteiger partial charge in [0.15, 0.2) is 5.69 Å². The molecule has 15 heavy (non-hydrogen) atoms. The maximum atomic E-state index is 11.2. The van der Waals surface area contributed by atoms with Gasteiger partial charge < -0.3 is 9.64 Å². The van der Waals surface area contributed by atoms with Crippen molar-refractivity contribution in [3.63, 3.8) is 0 Å². The molecule has 0 spiro atoms. The van der Waals surface area contributed by atoms with Gasteiger partial charge in [-0.05, 0) is 0 Å². The molecule has 5 nitrogen and oxygen atoms in total. The largest absolute Gasteiger partial charge is 0.464 e. The Morgan fingerprint density at radius 3 is 3.00 bits per heavy atom. The summed E-state index contributed by atoms with van der Waals surface area (Å²) in [6.45, 7) is 0.414. The molecule has 1 aromatic rings. The number of methoxy groups -OCH3 is 1. The van der Waals surface area contributed by atoms with Gasteiger partial charge in [-0.1, -0.05) is 5.92 Å². The predicted molar refractivity (Wildman–Crippen MR) is 55.5 cm³/mol. The lowest BCUT2D eigenvalue weighted by Crippen LogP contribution is -2.19. The number of rotatable bonds is 3. The summed E-state index contributed by atoms with van der Waals surface area (Å²) in [5.74, 6) is 2.57. The third-order valence-corrected chi connectivity index (χ3v) is 1.77. The second-order valence-electron chi connectivity index (χ2n) is 2.81. The topological polar surface area (TPSA) is 55.3 Å². The van der Waals surface area contributed by atoms with E-state index in [2.05, 4.69) is 20.6 Å². The van der Waals surface area contributed by atoms with Crippen LogP contribution in [0.4, 0.5) is 5.82 Å². The highest BCUT2D eigenvalue weighted by Gasteiger charge is 2.09. The lowest BCUT2D eigenvalue weighted by molar-refractivity contribution is 0.0594. The van der Waals surface area contributed by atoms with Crippen LogP contribution in [0.1, 0.15) is 10.5 Å².